The predicted octanol–water partition coefficient (Wildman–Crippen LogP) is 1.35. The molecule has 2 unspecified atom stereocenters. The summed E-state index contributed by atoms with van der Waals surface area (Å²) in [6.07, 6.45) is 2.88. The van der Waals surface area contributed by atoms with Crippen LogP contribution in [0.3, 0.4) is 0 Å². The Bertz CT molecular complexity index is 272. The molecule has 1 heterocycles. The molecule has 1 fully saturated rings. The minimum Gasteiger partial charge on any atom is -0.396 e. The minimum atomic E-state index is 0.149. The Morgan fingerprint density at radius 1 is 1.67 bits per heavy atom. The maximum Gasteiger partial charge on any atom is 0.0468 e. The smallest absolute Gasteiger partial charge is 0.0468 e. The van der Waals surface area contributed by atoms with Gasteiger partial charge in [-0.1, -0.05) is 13.0 Å². The third kappa shape index (κ3) is 1.03. The number of hydrogen-bond donors (Lipinski definition) is 1. The third-order valence-corrected chi connectivity index (χ3v) is 2.88. The molecule has 0 amide bonds. The normalized spacial score (nSPS) is 33.3. The van der Waals surface area contributed by atoms with Gasteiger partial charge in [0.2, 0.25) is 0 Å². The second kappa shape index (κ2) is 2.56. The van der Waals surface area contributed by atoms with Crippen LogP contribution in [0.4, 0.5) is 0 Å². The van der Waals surface area contributed by atoms with E-state index in [1.54, 1.807) is 0 Å². The average molecular weight is 163 g/mol. The van der Waals surface area contributed by atoms with E-state index in [2.05, 4.69) is 11.9 Å². The molecule has 1 aliphatic carbocycles. The summed E-state index contributed by atoms with van der Waals surface area (Å²) < 4.78 is 0. The molecule has 0 bridgehead atoms. The summed E-state index contributed by atoms with van der Waals surface area (Å²) >= 11 is 0. The molecular weight excluding hydrogens is 150 g/mol. The van der Waals surface area contributed by atoms with Crippen LogP contribution in [0.1, 0.15) is 19.0 Å². The minimum absolute atomic E-state index is 0.149. The van der Waals surface area contributed by atoms with Crippen LogP contribution in [0, 0.1) is 5.92 Å². The van der Waals surface area contributed by atoms with Crippen molar-refractivity contribution in [3.63, 3.8) is 0 Å². The fourth-order valence-corrected chi connectivity index (χ4v) is 1.73. The maximum atomic E-state index is 8.98. The van der Waals surface area contributed by atoms with Gasteiger partial charge in [0.15, 0.2) is 0 Å². The molecule has 64 valence electrons. The van der Waals surface area contributed by atoms with Crippen molar-refractivity contribution in [3.8, 4) is 0 Å². The van der Waals surface area contributed by atoms with E-state index in [0.717, 1.165) is 12.1 Å². The van der Waals surface area contributed by atoms with Gasteiger partial charge in [-0.3, -0.25) is 4.98 Å². The molecule has 0 spiro atoms. The van der Waals surface area contributed by atoms with Crippen molar-refractivity contribution >= 4 is 0 Å². The summed E-state index contributed by atoms with van der Waals surface area (Å²) in [5.41, 5.74) is 1.26. The lowest BCUT2D eigenvalue weighted by Gasteiger charge is -2.08. The van der Waals surface area contributed by atoms with Crippen LogP contribution in [0.15, 0.2) is 24.4 Å². The molecule has 1 saturated carbocycles. The molecule has 2 heteroatoms. The molecule has 1 N–H and O–H groups in total. The molecule has 0 aromatic carbocycles. The quantitative estimate of drug-likeness (QED) is 0.714. The number of aromatic nitrogens is 1. The number of rotatable bonds is 2. The number of aliphatic hydroxyl groups is 1. The summed E-state index contributed by atoms with van der Waals surface area (Å²) in [4.78, 5) is 4.30. The second-order valence-corrected chi connectivity index (χ2v) is 3.72. The van der Waals surface area contributed by atoms with E-state index in [9.17, 15) is 0 Å². The van der Waals surface area contributed by atoms with Crippen molar-refractivity contribution in [3.05, 3.63) is 30.1 Å². The lowest BCUT2D eigenvalue weighted by atomic mass is 10.0. The molecular formula is C10H13NO. The molecule has 2 nitrogen and oxygen atoms in total. The van der Waals surface area contributed by atoms with Gasteiger partial charge in [-0.05, 0) is 24.5 Å². The van der Waals surface area contributed by atoms with E-state index < -0.39 is 0 Å². The summed E-state index contributed by atoms with van der Waals surface area (Å²) in [5.74, 6) is 0.424. The molecule has 1 aliphatic rings. The SMILES string of the molecule is CC1(c2ccccn2)CC1CO. The van der Waals surface area contributed by atoms with Crippen LogP contribution in [-0.4, -0.2) is 16.7 Å². The summed E-state index contributed by atoms with van der Waals surface area (Å²) in [7, 11) is 0. The molecule has 0 saturated heterocycles. The van der Waals surface area contributed by atoms with Gasteiger partial charge >= 0.3 is 0 Å². The highest BCUT2D eigenvalue weighted by Gasteiger charge is 2.51. The van der Waals surface area contributed by atoms with Gasteiger partial charge in [0.05, 0.1) is 0 Å². The fraction of sp³-hybridized carbons (Fsp3) is 0.500. The number of pyridine rings is 1. The Hall–Kier alpha value is -0.890. The zero-order valence-corrected chi connectivity index (χ0v) is 7.20. The molecule has 12 heavy (non-hydrogen) atoms. The Morgan fingerprint density at radius 2 is 2.50 bits per heavy atom. The highest BCUT2D eigenvalue weighted by Crippen LogP contribution is 2.52. The van der Waals surface area contributed by atoms with E-state index >= 15 is 0 Å². The summed E-state index contributed by atoms with van der Waals surface area (Å²) in [6.45, 7) is 2.45. The zero-order chi connectivity index (χ0) is 8.60. The van der Waals surface area contributed by atoms with Crippen LogP contribution in [0.2, 0.25) is 0 Å². The largest absolute Gasteiger partial charge is 0.396 e. The van der Waals surface area contributed by atoms with Gasteiger partial charge in [0.1, 0.15) is 0 Å². The summed E-state index contributed by atoms with van der Waals surface area (Å²) in [6, 6.07) is 5.96. The van der Waals surface area contributed by atoms with Crippen molar-refractivity contribution in [2.24, 2.45) is 5.92 Å². The van der Waals surface area contributed by atoms with Crippen LogP contribution in [0.25, 0.3) is 0 Å². The van der Waals surface area contributed by atoms with Crippen molar-refractivity contribution in [2.45, 2.75) is 18.8 Å². The van der Waals surface area contributed by atoms with Gasteiger partial charge in [0.25, 0.3) is 0 Å². The predicted molar refractivity (Wildman–Crippen MR) is 46.8 cm³/mol. The standard InChI is InChI=1S/C10H13NO/c1-10(6-8(10)7-12)9-4-2-3-5-11-9/h2-5,8,12H,6-7H2,1H3. The average Bonchev–Trinajstić information content (AvgIpc) is 2.81. The molecule has 0 aliphatic heterocycles. The van der Waals surface area contributed by atoms with E-state index in [1.165, 1.54) is 0 Å². The van der Waals surface area contributed by atoms with E-state index in [4.69, 9.17) is 5.11 Å². The molecule has 0 radical (unpaired) electrons. The first-order valence-electron chi connectivity index (χ1n) is 4.30. The number of nitrogens with zero attached hydrogens (tertiary/aromatic N) is 1. The lowest BCUT2D eigenvalue weighted by Crippen LogP contribution is -2.08. The van der Waals surface area contributed by atoms with Crippen molar-refractivity contribution in [2.75, 3.05) is 6.61 Å². The first-order chi connectivity index (χ1) is 5.77. The lowest BCUT2D eigenvalue weighted by molar-refractivity contribution is 0.265. The molecule has 2 rings (SSSR count). The highest BCUT2D eigenvalue weighted by molar-refractivity contribution is 5.25. The van der Waals surface area contributed by atoms with E-state index in [0.29, 0.717) is 5.92 Å². The monoisotopic (exact) mass is 163 g/mol. The first-order valence-corrected chi connectivity index (χ1v) is 4.30. The van der Waals surface area contributed by atoms with Crippen molar-refractivity contribution < 1.29 is 5.11 Å². The van der Waals surface area contributed by atoms with Crippen LogP contribution >= 0.6 is 0 Å². The molecule has 1 aromatic heterocycles. The summed E-state index contributed by atoms with van der Waals surface area (Å²) in [5, 5.41) is 8.98. The van der Waals surface area contributed by atoms with Crippen molar-refractivity contribution in [1.29, 1.82) is 0 Å². The van der Waals surface area contributed by atoms with Crippen LogP contribution in [0.5, 0.6) is 0 Å². The Labute approximate surface area is 72.3 Å². The van der Waals surface area contributed by atoms with Gasteiger partial charge < -0.3 is 5.11 Å². The van der Waals surface area contributed by atoms with Crippen LogP contribution < -0.4 is 0 Å². The number of aliphatic hydroxyl groups excluding tert-OH is 1. The van der Waals surface area contributed by atoms with Gasteiger partial charge in [0, 0.05) is 23.9 Å². The molecule has 1 aromatic rings. The van der Waals surface area contributed by atoms with Crippen molar-refractivity contribution in [1.82, 2.24) is 4.98 Å². The van der Waals surface area contributed by atoms with E-state index in [1.807, 2.05) is 24.4 Å². The van der Waals surface area contributed by atoms with Gasteiger partial charge in [-0.2, -0.15) is 0 Å². The maximum absolute atomic E-state index is 8.98. The third-order valence-electron chi connectivity index (χ3n) is 2.88. The zero-order valence-electron chi connectivity index (χ0n) is 7.20. The number of hydrogen-bond acceptors (Lipinski definition) is 2. The first kappa shape index (κ1) is 7.74. The van der Waals surface area contributed by atoms with Gasteiger partial charge in [-0.15, -0.1) is 0 Å². The topological polar surface area (TPSA) is 33.1 Å². The highest BCUT2D eigenvalue weighted by atomic mass is 16.3. The fourth-order valence-electron chi connectivity index (χ4n) is 1.73. The Kier molecular flexibility index (Phi) is 1.65. The van der Waals surface area contributed by atoms with E-state index in [-0.39, 0.29) is 12.0 Å². The van der Waals surface area contributed by atoms with Crippen LogP contribution in [-0.2, 0) is 5.41 Å². The Morgan fingerprint density at radius 3 is 3.00 bits per heavy atom. The Balaban J connectivity index is 2.23. The van der Waals surface area contributed by atoms with Gasteiger partial charge in [-0.25, -0.2) is 0 Å². The molecule has 2 atom stereocenters. The second-order valence-electron chi connectivity index (χ2n) is 3.72.